The molecule has 0 aromatic carbocycles. The summed E-state index contributed by atoms with van der Waals surface area (Å²) in [6.07, 6.45) is 2.04. The molecule has 0 bridgehead atoms. The van der Waals surface area contributed by atoms with Gasteiger partial charge in [0.1, 0.15) is 11.1 Å². The van der Waals surface area contributed by atoms with Crippen LogP contribution in [-0.4, -0.2) is 18.6 Å². The first kappa shape index (κ1) is 14.6. The summed E-state index contributed by atoms with van der Waals surface area (Å²) in [7, 11) is 1.97. The van der Waals surface area contributed by atoms with E-state index < -0.39 is 0 Å². The average molecular weight is 256 g/mol. The molecule has 0 aliphatic heterocycles. The Morgan fingerprint density at radius 2 is 2.12 bits per heavy atom. The molecule has 0 aliphatic rings. The lowest BCUT2D eigenvalue weighted by Crippen LogP contribution is -2.21. The Morgan fingerprint density at radius 3 is 2.59 bits per heavy atom. The van der Waals surface area contributed by atoms with Crippen LogP contribution in [0.4, 0.5) is 0 Å². The molecule has 0 saturated carbocycles. The van der Waals surface area contributed by atoms with Gasteiger partial charge in [-0.2, -0.15) is 0 Å². The lowest BCUT2D eigenvalue weighted by atomic mass is 9.89. The van der Waals surface area contributed by atoms with E-state index in [2.05, 4.69) is 38.0 Å². The van der Waals surface area contributed by atoms with E-state index >= 15 is 0 Å². The van der Waals surface area contributed by atoms with Crippen LogP contribution >= 0.6 is 11.3 Å². The van der Waals surface area contributed by atoms with Crippen molar-refractivity contribution in [3.63, 3.8) is 0 Å². The molecule has 1 heterocycles. The third kappa shape index (κ3) is 3.76. The Morgan fingerprint density at radius 1 is 1.47 bits per heavy atom. The number of thiazole rings is 1. The average Bonchev–Trinajstić information content (AvgIpc) is 2.72. The summed E-state index contributed by atoms with van der Waals surface area (Å²) >= 11 is 1.74. The van der Waals surface area contributed by atoms with Crippen molar-refractivity contribution in [1.29, 1.82) is 0 Å². The summed E-state index contributed by atoms with van der Waals surface area (Å²) in [5, 5.41) is 4.31. The quantitative estimate of drug-likeness (QED) is 0.875. The Hall–Kier alpha value is -0.450. The molecular formula is C13H24N2OS. The number of aromatic nitrogens is 1. The van der Waals surface area contributed by atoms with Crippen molar-refractivity contribution in [2.75, 3.05) is 13.7 Å². The van der Waals surface area contributed by atoms with Gasteiger partial charge in [-0.25, -0.2) is 4.98 Å². The molecule has 0 aliphatic carbocycles. The molecule has 4 heteroatoms. The van der Waals surface area contributed by atoms with E-state index in [0.717, 1.165) is 11.6 Å². The molecule has 3 nitrogen and oxygen atoms in total. The Kier molecular flexibility index (Phi) is 5.10. The predicted molar refractivity (Wildman–Crippen MR) is 73.4 cm³/mol. The fourth-order valence-corrected chi connectivity index (χ4v) is 2.90. The molecule has 1 aromatic rings. The smallest absolute Gasteiger partial charge is 0.122 e. The number of nitrogens with zero attached hydrogens (tertiary/aromatic N) is 1. The highest BCUT2D eigenvalue weighted by molar-refractivity contribution is 7.11. The van der Waals surface area contributed by atoms with Crippen LogP contribution in [0.1, 0.15) is 56.6 Å². The third-order valence-electron chi connectivity index (χ3n) is 2.75. The molecular weight excluding hydrogens is 232 g/mol. The van der Waals surface area contributed by atoms with Crippen molar-refractivity contribution in [2.24, 2.45) is 5.41 Å². The topological polar surface area (TPSA) is 34.1 Å². The van der Waals surface area contributed by atoms with E-state index in [-0.39, 0.29) is 11.5 Å². The van der Waals surface area contributed by atoms with Crippen LogP contribution in [0.15, 0.2) is 6.20 Å². The van der Waals surface area contributed by atoms with Gasteiger partial charge in [0, 0.05) is 23.7 Å². The van der Waals surface area contributed by atoms with Gasteiger partial charge in [-0.15, -0.1) is 11.3 Å². The molecule has 17 heavy (non-hydrogen) atoms. The summed E-state index contributed by atoms with van der Waals surface area (Å²) < 4.78 is 5.85. The summed E-state index contributed by atoms with van der Waals surface area (Å²) in [6.45, 7) is 11.5. The Bertz CT molecular complexity index is 343. The minimum absolute atomic E-state index is 0.0774. The van der Waals surface area contributed by atoms with Crippen LogP contribution in [0, 0.1) is 5.41 Å². The monoisotopic (exact) mass is 256 g/mol. The van der Waals surface area contributed by atoms with Crippen molar-refractivity contribution in [3.05, 3.63) is 16.1 Å². The van der Waals surface area contributed by atoms with Gasteiger partial charge in [-0.3, -0.25) is 0 Å². The molecule has 1 aromatic heterocycles. The van der Waals surface area contributed by atoms with Crippen LogP contribution < -0.4 is 5.32 Å². The van der Waals surface area contributed by atoms with Gasteiger partial charge in [0.25, 0.3) is 0 Å². The molecule has 0 radical (unpaired) electrons. The second kappa shape index (κ2) is 5.94. The van der Waals surface area contributed by atoms with E-state index in [1.165, 1.54) is 4.88 Å². The van der Waals surface area contributed by atoms with Gasteiger partial charge < -0.3 is 10.1 Å². The first-order chi connectivity index (χ1) is 7.90. The largest absolute Gasteiger partial charge is 0.371 e. The fraction of sp³-hybridized carbons (Fsp3) is 0.769. The van der Waals surface area contributed by atoms with Crippen LogP contribution in [0.3, 0.4) is 0 Å². The summed E-state index contributed by atoms with van der Waals surface area (Å²) in [4.78, 5) is 5.78. The van der Waals surface area contributed by atoms with Gasteiger partial charge in [-0.1, -0.05) is 20.8 Å². The minimum Gasteiger partial charge on any atom is -0.371 e. The maximum Gasteiger partial charge on any atom is 0.122 e. The number of ether oxygens (including phenoxy) is 1. The highest BCUT2D eigenvalue weighted by atomic mass is 32.1. The van der Waals surface area contributed by atoms with Crippen LogP contribution in [0.5, 0.6) is 0 Å². The first-order valence-electron chi connectivity index (χ1n) is 6.14. The van der Waals surface area contributed by atoms with E-state index in [1.54, 1.807) is 11.3 Å². The zero-order chi connectivity index (χ0) is 13.1. The number of nitrogens with one attached hydrogen (secondary N) is 1. The minimum atomic E-state index is 0.0774. The van der Waals surface area contributed by atoms with Crippen LogP contribution in [0.25, 0.3) is 0 Å². The lowest BCUT2D eigenvalue weighted by Gasteiger charge is -2.28. The van der Waals surface area contributed by atoms with E-state index in [9.17, 15) is 0 Å². The summed E-state index contributed by atoms with van der Waals surface area (Å²) in [6, 6.07) is 0.350. The van der Waals surface area contributed by atoms with Gasteiger partial charge in [0.2, 0.25) is 0 Å². The van der Waals surface area contributed by atoms with Crippen molar-refractivity contribution in [3.8, 4) is 0 Å². The van der Waals surface area contributed by atoms with E-state index in [0.29, 0.717) is 6.04 Å². The first-order valence-corrected chi connectivity index (χ1v) is 6.96. The maximum atomic E-state index is 5.85. The van der Waals surface area contributed by atoms with Gasteiger partial charge >= 0.3 is 0 Å². The molecule has 1 rings (SSSR count). The normalized spacial score (nSPS) is 15.9. The zero-order valence-corrected chi connectivity index (χ0v) is 12.5. The van der Waals surface area contributed by atoms with Gasteiger partial charge in [0.05, 0.1) is 0 Å². The van der Waals surface area contributed by atoms with Crippen LogP contribution in [-0.2, 0) is 4.74 Å². The second-order valence-electron chi connectivity index (χ2n) is 5.31. The van der Waals surface area contributed by atoms with E-state index in [4.69, 9.17) is 4.74 Å². The number of hydrogen-bond donors (Lipinski definition) is 1. The molecule has 1 N–H and O–H groups in total. The molecule has 0 fully saturated rings. The molecule has 0 saturated heterocycles. The van der Waals surface area contributed by atoms with Crippen LogP contribution in [0.2, 0.25) is 0 Å². The third-order valence-corrected chi connectivity index (χ3v) is 3.97. The van der Waals surface area contributed by atoms with Crippen molar-refractivity contribution in [2.45, 2.75) is 46.8 Å². The molecule has 0 spiro atoms. The Balaban J connectivity index is 2.92. The Labute approximate surface area is 109 Å². The zero-order valence-electron chi connectivity index (χ0n) is 11.7. The van der Waals surface area contributed by atoms with Crippen molar-refractivity contribution < 1.29 is 4.74 Å². The van der Waals surface area contributed by atoms with Crippen molar-refractivity contribution in [1.82, 2.24) is 10.3 Å². The van der Waals surface area contributed by atoms with Gasteiger partial charge in [-0.05, 0) is 26.3 Å². The number of rotatable bonds is 5. The second-order valence-corrected chi connectivity index (χ2v) is 6.41. The van der Waals surface area contributed by atoms with E-state index in [1.807, 2.05) is 20.2 Å². The summed E-state index contributed by atoms with van der Waals surface area (Å²) in [5.41, 5.74) is 0.0774. The van der Waals surface area contributed by atoms with Crippen molar-refractivity contribution >= 4 is 11.3 Å². The number of hydrogen-bond acceptors (Lipinski definition) is 4. The summed E-state index contributed by atoms with van der Waals surface area (Å²) in [5.74, 6) is 0. The molecule has 98 valence electrons. The molecule has 2 unspecified atom stereocenters. The lowest BCUT2D eigenvalue weighted by molar-refractivity contribution is -0.0133. The highest BCUT2D eigenvalue weighted by Crippen LogP contribution is 2.38. The SMILES string of the molecule is CCOC(c1ncc(C(C)NC)s1)C(C)(C)C. The standard InChI is InChI=1S/C13H24N2OS/c1-7-16-11(13(3,4)5)12-15-8-10(17-12)9(2)14-6/h8-9,11,14H,7H2,1-6H3. The highest BCUT2D eigenvalue weighted by Gasteiger charge is 2.29. The molecule has 0 amide bonds. The maximum absolute atomic E-state index is 5.85. The fourth-order valence-electron chi connectivity index (χ4n) is 1.62. The van der Waals surface area contributed by atoms with Gasteiger partial charge in [0.15, 0.2) is 0 Å². The molecule has 2 atom stereocenters. The predicted octanol–water partition coefficient (Wildman–Crippen LogP) is 3.55.